The van der Waals surface area contributed by atoms with Crippen LogP contribution in [0.1, 0.15) is 46.0 Å². The molecule has 88 valence electrons. The minimum atomic E-state index is 0.545. The monoisotopic (exact) mass is 210 g/mol. The third kappa shape index (κ3) is 4.23. The molecule has 0 amide bonds. The molecule has 0 radical (unpaired) electrons. The van der Waals surface area contributed by atoms with E-state index in [1.165, 1.54) is 37.9 Å². The Hall–Kier alpha value is -0.530. The maximum absolute atomic E-state index is 4.79. The topological polar surface area (TPSA) is 15.6 Å². The van der Waals surface area contributed by atoms with Gasteiger partial charge in [-0.15, -0.1) is 0 Å². The largest absolute Gasteiger partial charge is 0.366 e. The Labute approximate surface area is 94.8 Å². The van der Waals surface area contributed by atoms with Gasteiger partial charge in [-0.25, -0.2) is 0 Å². The maximum atomic E-state index is 4.79. The molecule has 0 N–H and O–H groups in total. The fourth-order valence-corrected chi connectivity index (χ4v) is 2.43. The van der Waals surface area contributed by atoms with Crippen molar-refractivity contribution < 1.29 is 0 Å². The normalized spacial score (nSPS) is 19.7. The van der Waals surface area contributed by atoms with Crippen LogP contribution >= 0.6 is 0 Å². The van der Waals surface area contributed by atoms with E-state index in [-0.39, 0.29) is 0 Å². The van der Waals surface area contributed by atoms with E-state index in [1.54, 1.807) is 0 Å². The van der Waals surface area contributed by atoms with E-state index in [0.717, 1.165) is 12.5 Å². The molecule has 1 saturated carbocycles. The van der Waals surface area contributed by atoms with E-state index in [4.69, 9.17) is 4.99 Å². The Morgan fingerprint density at radius 2 is 1.80 bits per heavy atom. The molecule has 0 aromatic heterocycles. The van der Waals surface area contributed by atoms with Crippen molar-refractivity contribution in [2.24, 2.45) is 16.8 Å². The van der Waals surface area contributed by atoms with Crippen molar-refractivity contribution in [1.29, 1.82) is 0 Å². The lowest BCUT2D eigenvalue weighted by molar-refractivity contribution is 0.365. The Kier molecular flexibility index (Phi) is 5.13. The summed E-state index contributed by atoms with van der Waals surface area (Å²) >= 11 is 0. The summed E-state index contributed by atoms with van der Waals surface area (Å²) in [5.74, 6) is 2.65. The second-order valence-electron chi connectivity index (χ2n) is 5.25. The van der Waals surface area contributed by atoms with Crippen LogP contribution < -0.4 is 0 Å². The predicted molar refractivity (Wildman–Crippen MR) is 67.4 cm³/mol. The third-order valence-electron chi connectivity index (χ3n) is 3.21. The lowest BCUT2D eigenvalue weighted by Crippen LogP contribution is -2.28. The summed E-state index contributed by atoms with van der Waals surface area (Å²) in [6.45, 7) is 5.49. The third-order valence-corrected chi connectivity index (χ3v) is 3.21. The number of amidine groups is 1. The Morgan fingerprint density at radius 3 is 2.27 bits per heavy atom. The standard InChI is InChI=1S/C13H26N2/c1-11(2)13(15(3)4)14-10-12-8-6-5-7-9-12/h11-12H,5-10H2,1-4H3. The Balaban J connectivity index is 2.44. The number of hydrogen-bond acceptors (Lipinski definition) is 1. The van der Waals surface area contributed by atoms with E-state index in [2.05, 4.69) is 32.8 Å². The van der Waals surface area contributed by atoms with Crippen LogP contribution in [0.5, 0.6) is 0 Å². The quantitative estimate of drug-likeness (QED) is 0.516. The van der Waals surface area contributed by atoms with Crippen molar-refractivity contribution in [3.63, 3.8) is 0 Å². The number of hydrogen-bond donors (Lipinski definition) is 0. The molecule has 1 fully saturated rings. The van der Waals surface area contributed by atoms with Gasteiger partial charge in [0.05, 0.1) is 0 Å². The lowest BCUT2D eigenvalue weighted by atomic mass is 9.89. The Bertz CT molecular complexity index is 191. The highest BCUT2D eigenvalue weighted by Crippen LogP contribution is 2.23. The van der Waals surface area contributed by atoms with Gasteiger partial charge >= 0.3 is 0 Å². The number of aliphatic imine (C=N–C) groups is 1. The van der Waals surface area contributed by atoms with Crippen LogP contribution in [-0.2, 0) is 0 Å². The van der Waals surface area contributed by atoms with Crippen molar-refractivity contribution >= 4 is 5.84 Å². The lowest BCUT2D eigenvalue weighted by Gasteiger charge is -2.23. The molecule has 1 aliphatic carbocycles. The first-order valence-corrected chi connectivity index (χ1v) is 6.33. The van der Waals surface area contributed by atoms with Crippen molar-refractivity contribution in [3.8, 4) is 0 Å². The highest BCUT2D eigenvalue weighted by atomic mass is 15.1. The number of rotatable bonds is 3. The fraction of sp³-hybridized carbons (Fsp3) is 0.923. The van der Waals surface area contributed by atoms with E-state index < -0.39 is 0 Å². The van der Waals surface area contributed by atoms with Crippen molar-refractivity contribution in [3.05, 3.63) is 0 Å². The van der Waals surface area contributed by atoms with Crippen LogP contribution in [-0.4, -0.2) is 31.4 Å². The van der Waals surface area contributed by atoms with Gasteiger partial charge in [0.2, 0.25) is 0 Å². The molecule has 0 aliphatic heterocycles. The van der Waals surface area contributed by atoms with Gasteiger partial charge in [0.15, 0.2) is 0 Å². The van der Waals surface area contributed by atoms with Crippen molar-refractivity contribution in [2.45, 2.75) is 46.0 Å². The minimum Gasteiger partial charge on any atom is -0.366 e. The summed E-state index contributed by atoms with van der Waals surface area (Å²) in [7, 11) is 4.19. The second kappa shape index (κ2) is 6.14. The van der Waals surface area contributed by atoms with Crippen LogP contribution in [0.25, 0.3) is 0 Å². The first-order chi connectivity index (χ1) is 7.11. The van der Waals surface area contributed by atoms with E-state index in [9.17, 15) is 0 Å². The molecular weight excluding hydrogens is 184 g/mol. The van der Waals surface area contributed by atoms with Crippen LogP contribution in [0, 0.1) is 11.8 Å². The maximum Gasteiger partial charge on any atom is 0.101 e. The summed E-state index contributed by atoms with van der Waals surface area (Å²) < 4.78 is 0. The van der Waals surface area contributed by atoms with Gasteiger partial charge in [-0.3, -0.25) is 4.99 Å². The van der Waals surface area contributed by atoms with E-state index >= 15 is 0 Å². The average molecular weight is 210 g/mol. The molecule has 2 heteroatoms. The van der Waals surface area contributed by atoms with Gasteiger partial charge in [0, 0.05) is 26.6 Å². The van der Waals surface area contributed by atoms with Crippen LogP contribution in [0.4, 0.5) is 0 Å². The van der Waals surface area contributed by atoms with Crippen LogP contribution in [0.2, 0.25) is 0 Å². The first-order valence-electron chi connectivity index (χ1n) is 6.33. The molecule has 0 atom stereocenters. The molecule has 1 rings (SSSR count). The molecule has 0 aromatic rings. The average Bonchev–Trinajstić information content (AvgIpc) is 2.18. The van der Waals surface area contributed by atoms with Gasteiger partial charge in [-0.1, -0.05) is 33.1 Å². The molecule has 1 aliphatic rings. The Morgan fingerprint density at radius 1 is 1.20 bits per heavy atom. The summed E-state index contributed by atoms with van der Waals surface area (Å²) in [5, 5.41) is 0. The van der Waals surface area contributed by atoms with E-state index in [1.807, 2.05) is 0 Å². The molecule has 2 nitrogen and oxygen atoms in total. The summed E-state index contributed by atoms with van der Waals surface area (Å²) in [6.07, 6.45) is 7.05. The SMILES string of the molecule is CC(C)C(=NCC1CCCCC1)N(C)C. The molecule has 0 unspecified atom stereocenters. The van der Waals surface area contributed by atoms with Gasteiger partial charge in [0.1, 0.15) is 5.84 Å². The molecule has 0 saturated heterocycles. The van der Waals surface area contributed by atoms with Gasteiger partial charge in [0.25, 0.3) is 0 Å². The number of nitrogens with zero attached hydrogens (tertiary/aromatic N) is 2. The highest BCUT2D eigenvalue weighted by Gasteiger charge is 2.14. The van der Waals surface area contributed by atoms with Crippen LogP contribution in [0.15, 0.2) is 4.99 Å². The molecule has 0 bridgehead atoms. The fourth-order valence-electron chi connectivity index (χ4n) is 2.43. The molecule has 0 spiro atoms. The summed E-state index contributed by atoms with van der Waals surface area (Å²) in [6, 6.07) is 0. The van der Waals surface area contributed by atoms with Gasteiger partial charge in [-0.05, 0) is 18.8 Å². The zero-order chi connectivity index (χ0) is 11.3. The zero-order valence-corrected chi connectivity index (χ0v) is 10.8. The molecule has 15 heavy (non-hydrogen) atoms. The van der Waals surface area contributed by atoms with Gasteiger partial charge in [-0.2, -0.15) is 0 Å². The van der Waals surface area contributed by atoms with Crippen molar-refractivity contribution in [2.75, 3.05) is 20.6 Å². The molecule has 0 heterocycles. The highest BCUT2D eigenvalue weighted by molar-refractivity contribution is 5.83. The molecular formula is C13H26N2. The first kappa shape index (κ1) is 12.5. The molecule has 0 aromatic carbocycles. The van der Waals surface area contributed by atoms with Gasteiger partial charge < -0.3 is 4.90 Å². The minimum absolute atomic E-state index is 0.545. The zero-order valence-electron chi connectivity index (χ0n) is 10.8. The second-order valence-corrected chi connectivity index (χ2v) is 5.25. The van der Waals surface area contributed by atoms with Crippen LogP contribution in [0.3, 0.4) is 0 Å². The van der Waals surface area contributed by atoms with E-state index in [0.29, 0.717) is 5.92 Å². The van der Waals surface area contributed by atoms with Crippen molar-refractivity contribution in [1.82, 2.24) is 4.90 Å². The smallest absolute Gasteiger partial charge is 0.101 e. The summed E-state index contributed by atoms with van der Waals surface area (Å²) in [5.41, 5.74) is 0. The predicted octanol–water partition coefficient (Wildman–Crippen LogP) is 3.18. The summed E-state index contributed by atoms with van der Waals surface area (Å²) in [4.78, 5) is 6.95.